The van der Waals surface area contributed by atoms with Gasteiger partial charge in [-0.2, -0.15) is 0 Å². The fraction of sp³-hybridized carbons (Fsp3) is 0.750. The number of fused-ring (bicyclic) bond motifs is 1. The van der Waals surface area contributed by atoms with Crippen molar-refractivity contribution in [3.63, 3.8) is 0 Å². The van der Waals surface area contributed by atoms with E-state index in [9.17, 15) is 8.42 Å². The number of sulfone groups is 1. The van der Waals surface area contributed by atoms with Crippen LogP contribution in [-0.4, -0.2) is 36.0 Å². The van der Waals surface area contributed by atoms with Crippen molar-refractivity contribution in [1.82, 2.24) is 14.9 Å². The third-order valence-electron chi connectivity index (χ3n) is 4.02. The van der Waals surface area contributed by atoms with Crippen LogP contribution in [0.1, 0.15) is 23.6 Å². The lowest BCUT2D eigenvalue weighted by Crippen LogP contribution is -2.24. The summed E-state index contributed by atoms with van der Waals surface area (Å²) < 4.78 is 25.1. The van der Waals surface area contributed by atoms with Crippen LogP contribution >= 0.6 is 0 Å². The first-order valence-electron chi connectivity index (χ1n) is 6.49. The number of nitrogens with one attached hydrogen (secondary N) is 1. The van der Waals surface area contributed by atoms with Gasteiger partial charge in [-0.15, -0.1) is 0 Å². The Hall–Kier alpha value is -0.880. The third-order valence-corrected chi connectivity index (χ3v) is 5.86. The minimum Gasteiger partial charge on any atom is -0.335 e. The molecule has 0 amide bonds. The number of nitrogens with zero attached hydrogens (tertiary/aromatic N) is 2. The van der Waals surface area contributed by atoms with Gasteiger partial charge < -0.3 is 9.88 Å². The molecular weight excluding hydrogens is 250 g/mol. The Morgan fingerprint density at radius 1 is 1.50 bits per heavy atom. The van der Waals surface area contributed by atoms with E-state index in [1.54, 1.807) is 0 Å². The Morgan fingerprint density at radius 2 is 2.33 bits per heavy atom. The summed E-state index contributed by atoms with van der Waals surface area (Å²) in [6, 6.07) is 0. The van der Waals surface area contributed by atoms with Gasteiger partial charge in [0.1, 0.15) is 5.82 Å². The first kappa shape index (κ1) is 12.2. The maximum atomic E-state index is 11.5. The molecule has 1 unspecified atom stereocenters. The Labute approximate surface area is 108 Å². The highest BCUT2D eigenvalue weighted by molar-refractivity contribution is 7.91. The fourth-order valence-electron chi connectivity index (χ4n) is 2.99. The van der Waals surface area contributed by atoms with Crippen LogP contribution in [0.2, 0.25) is 0 Å². The van der Waals surface area contributed by atoms with Gasteiger partial charge in [-0.05, 0) is 12.3 Å². The standard InChI is InChI=1S/C12H19N3O2S/c1-15-11-2-4-13-7-10(11)14-12(15)6-9-3-5-18(16,17)8-9/h9,13H,2-8H2,1H3. The average Bonchev–Trinajstić information content (AvgIpc) is 2.82. The predicted octanol–water partition coefficient (Wildman–Crippen LogP) is 0.0430. The van der Waals surface area contributed by atoms with Gasteiger partial charge in [0, 0.05) is 38.7 Å². The van der Waals surface area contributed by atoms with E-state index in [1.165, 1.54) is 5.69 Å². The molecule has 3 rings (SSSR count). The minimum atomic E-state index is -2.78. The van der Waals surface area contributed by atoms with Crippen molar-refractivity contribution in [2.75, 3.05) is 18.1 Å². The van der Waals surface area contributed by atoms with E-state index in [2.05, 4.69) is 21.9 Å². The van der Waals surface area contributed by atoms with Crippen molar-refractivity contribution in [1.29, 1.82) is 0 Å². The molecule has 0 bridgehead atoms. The van der Waals surface area contributed by atoms with Crippen molar-refractivity contribution in [3.8, 4) is 0 Å². The molecule has 6 heteroatoms. The maximum Gasteiger partial charge on any atom is 0.150 e. The van der Waals surface area contributed by atoms with Crippen molar-refractivity contribution in [2.45, 2.75) is 25.8 Å². The lowest BCUT2D eigenvalue weighted by atomic mass is 10.1. The number of hydrogen-bond acceptors (Lipinski definition) is 4. The van der Waals surface area contributed by atoms with Crippen LogP contribution in [0.5, 0.6) is 0 Å². The molecule has 1 aromatic rings. The van der Waals surface area contributed by atoms with Gasteiger partial charge in [-0.1, -0.05) is 0 Å². The maximum absolute atomic E-state index is 11.5. The lowest BCUT2D eigenvalue weighted by Gasteiger charge is -2.13. The largest absolute Gasteiger partial charge is 0.335 e. The number of imidazole rings is 1. The molecule has 0 radical (unpaired) electrons. The fourth-order valence-corrected chi connectivity index (χ4v) is 4.85. The zero-order valence-electron chi connectivity index (χ0n) is 10.6. The molecule has 1 saturated heterocycles. The SMILES string of the molecule is Cn1c(CC2CCS(=O)(=O)C2)nc2c1CCNC2. The second-order valence-electron chi connectivity index (χ2n) is 5.38. The first-order valence-corrected chi connectivity index (χ1v) is 8.32. The normalized spacial score (nSPS) is 26.2. The number of aromatic nitrogens is 2. The summed E-state index contributed by atoms with van der Waals surface area (Å²) in [5.74, 6) is 1.99. The third kappa shape index (κ3) is 2.19. The molecule has 0 saturated carbocycles. The quantitative estimate of drug-likeness (QED) is 0.823. The van der Waals surface area contributed by atoms with E-state index in [-0.39, 0.29) is 5.92 Å². The second kappa shape index (κ2) is 4.35. The summed E-state index contributed by atoms with van der Waals surface area (Å²) >= 11 is 0. The van der Waals surface area contributed by atoms with Crippen LogP contribution in [0.15, 0.2) is 0 Å². The molecule has 2 aliphatic heterocycles. The number of rotatable bonds is 2. The molecule has 2 aliphatic rings. The van der Waals surface area contributed by atoms with E-state index in [4.69, 9.17) is 0 Å². The smallest absolute Gasteiger partial charge is 0.150 e. The molecule has 18 heavy (non-hydrogen) atoms. The molecular formula is C12H19N3O2S. The van der Waals surface area contributed by atoms with Gasteiger partial charge in [0.2, 0.25) is 0 Å². The van der Waals surface area contributed by atoms with Crippen LogP contribution in [-0.2, 0) is 36.3 Å². The van der Waals surface area contributed by atoms with Crippen LogP contribution in [0.4, 0.5) is 0 Å². The van der Waals surface area contributed by atoms with Crippen molar-refractivity contribution < 1.29 is 8.42 Å². The lowest BCUT2D eigenvalue weighted by molar-refractivity contribution is 0.554. The molecule has 1 N–H and O–H groups in total. The van der Waals surface area contributed by atoms with Gasteiger partial charge >= 0.3 is 0 Å². The topological polar surface area (TPSA) is 64.0 Å². The summed E-state index contributed by atoms with van der Waals surface area (Å²) in [5.41, 5.74) is 2.45. The number of hydrogen-bond donors (Lipinski definition) is 1. The molecule has 1 atom stereocenters. The van der Waals surface area contributed by atoms with Gasteiger partial charge in [-0.3, -0.25) is 0 Å². The highest BCUT2D eigenvalue weighted by atomic mass is 32.2. The molecule has 0 aromatic carbocycles. The summed E-state index contributed by atoms with van der Waals surface area (Å²) in [6.45, 7) is 1.84. The molecule has 5 nitrogen and oxygen atoms in total. The molecule has 100 valence electrons. The summed E-state index contributed by atoms with van der Waals surface area (Å²) in [5, 5.41) is 3.32. The van der Waals surface area contributed by atoms with Crippen LogP contribution in [0.25, 0.3) is 0 Å². The molecule has 0 spiro atoms. The second-order valence-corrected chi connectivity index (χ2v) is 7.61. The van der Waals surface area contributed by atoms with E-state index in [1.807, 2.05) is 0 Å². The molecule has 1 aromatic heterocycles. The summed E-state index contributed by atoms with van der Waals surface area (Å²) in [6.07, 6.45) is 2.60. The van der Waals surface area contributed by atoms with Gasteiger partial charge in [-0.25, -0.2) is 13.4 Å². The first-order chi connectivity index (χ1) is 8.55. The highest BCUT2D eigenvalue weighted by Crippen LogP contribution is 2.24. The summed E-state index contributed by atoms with van der Waals surface area (Å²) in [4.78, 5) is 4.67. The molecule has 3 heterocycles. The van der Waals surface area contributed by atoms with E-state index >= 15 is 0 Å². The van der Waals surface area contributed by atoms with Crippen molar-refractivity contribution in [3.05, 3.63) is 17.2 Å². The Morgan fingerprint density at radius 3 is 3.00 bits per heavy atom. The molecule has 1 fully saturated rings. The van der Waals surface area contributed by atoms with Crippen molar-refractivity contribution >= 4 is 9.84 Å². The average molecular weight is 269 g/mol. The highest BCUT2D eigenvalue weighted by Gasteiger charge is 2.29. The monoisotopic (exact) mass is 269 g/mol. The van der Waals surface area contributed by atoms with E-state index in [0.29, 0.717) is 11.5 Å². The molecule has 0 aliphatic carbocycles. The zero-order valence-corrected chi connectivity index (χ0v) is 11.5. The van der Waals surface area contributed by atoms with Crippen LogP contribution < -0.4 is 5.32 Å². The Balaban J connectivity index is 1.79. The van der Waals surface area contributed by atoms with E-state index in [0.717, 1.165) is 43.9 Å². The summed E-state index contributed by atoms with van der Waals surface area (Å²) in [7, 11) is -0.728. The zero-order chi connectivity index (χ0) is 12.8. The van der Waals surface area contributed by atoms with E-state index < -0.39 is 9.84 Å². The predicted molar refractivity (Wildman–Crippen MR) is 69.1 cm³/mol. The Kier molecular flexibility index (Phi) is 2.94. The van der Waals surface area contributed by atoms with Gasteiger partial charge in [0.25, 0.3) is 0 Å². The van der Waals surface area contributed by atoms with Crippen molar-refractivity contribution in [2.24, 2.45) is 13.0 Å². The van der Waals surface area contributed by atoms with Crippen LogP contribution in [0, 0.1) is 5.92 Å². The van der Waals surface area contributed by atoms with Gasteiger partial charge in [0.05, 0.1) is 17.2 Å². The minimum absolute atomic E-state index is 0.255. The Bertz CT molecular complexity index is 562. The van der Waals surface area contributed by atoms with Gasteiger partial charge in [0.15, 0.2) is 9.84 Å². The van der Waals surface area contributed by atoms with Crippen LogP contribution in [0.3, 0.4) is 0 Å².